The minimum Gasteiger partial charge on any atom is -0.419 e. The van der Waals surface area contributed by atoms with Gasteiger partial charge in [0.2, 0.25) is 17.5 Å². The van der Waals surface area contributed by atoms with Crippen LogP contribution in [0.4, 0.5) is 5.88 Å². The topological polar surface area (TPSA) is 71.1 Å². The lowest BCUT2D eigenvalue weighted by Crippen LogP contribution is -2.29. The van der Waals surface area contributed by atoms with Gasteiger partial charge < -0.3 is 14.5 Å². The van der Waals surface area contributed by atoms with E-state index in [0.717, 1.165) is 42.5 Å². The highest BCUT2D eigenvalue weighted by Crippen LogP contribution is 2.31. The van der Waals surface area contributed by atoms with Crippen molar-refractivity contribution in [3.05, 3.63) is 48.2 Å². The number of fused-ring (bicyclic) bond motifs is 1. The monoisotopic (exact) mass is 319 g/mol. The first-order valence-corrected chi connectivity index (χ1v) is 8.06. The lowest BCUT2D eigenvalue weighted by Gasteiger charge is -2.25. The molecular weight excluding hydrogens is 302 g/mol. The Hall–Kier alpha value is -2.84. The van der Waals surface area contributed by atoms with Crippen molar-refractivity contribution in [2.45, 2.75) is 6.42 Å². The van der Waals surface area contributed by atoms with Crippen LogP contribution in [0.15, 0.2) is 46.9 Å². The molecule has 4 rings (SSSR count). The summed E-state index contributed by atoms with van der Waals surface area (Å²) in [6.45, 7) is 2.39. The molecule has 0 atom stereocenters. The fourth-order valence-electron chi connectivity index (χ4n) is 2.88. The van der Waals surface area contributed by atoms with Gasteiger partial charge in [0.15, 0.2) is 0 Å². The SMILES string of the molecule is N#Cc1nc(-c2cccc3ccccc23)oc1NCCC1COC1. The van der Waals surface area contributed by atoms with E-state index in [1.165, 1.54) is 0 Å². The van der Waals surface area contributed by atoms with Gasteiger partial charge in [-0.05, 0) is 23.3 Å². The number of hydrogen-bond acceptors (Lipinski definition) is 5. The molecule has 1 saturated heterocycles. The molecule has 0 unspecified atom stereocenters. The number of benzene rings is 2. The second kappa shape index (κ2) is 6.34. The van der Waals surface area contributed by atoms with Crippen LogP contribution in [0, 0.1) is 17.2 Å². The van der Waals surface area contributed by atoms with Gasteiger partial charge in [-0.25, -0.2) is 0 Å². The van der Waals surface area contributed by atoms with Crippen LogP contribution >= 0.6 is 0 Å². The lowest BCUT2D eigenvalue weighted by molar-refractivity contribution is -0.0338. The third kappa shape index (κ3) is 2.72. The van der Waals surface area contributed by atoms with Gasteiger partial charge in [0, 0.05) is 18.0 Å². The van der Waals surface area contributed by atoms with Crippen LogP contribution in [0.25, 0.3) is 22.2 Å². The van der Waals surface area contributed by atoms with E-state index >= 15 is 0 Å². The number of aromatic nitrogens is 1. The molecule has 1 aromatic heterocycles. The van der Waals surface area contributed by atoms with Gasteiger partial charge in [-0.15, -0.1) is 0 Å². The normalized spacial score (nSPS) is 14.3. The van der Waals surface area contributed by atoms with E-state index in [2.05, 4.69) is 16.4 Å². The fourth-order valence-corrected chi connectivity index (χ4v) is 2.88. The molecule has 24 heavy (non-hydrogen) atoms. The fraction of sp³-hybridized carbons (Fsp3) is 0.263. The number of nitrogens with one attached hydrogen (secondary N) is 1. The first-order chi connectivity index (χ1) is 11.8. The van der Waals surface area contributed by atoms with Gasteiger partial charge in [-0.3, -0.25) is 0 Å². The molecule has 1 aliphatic heterocycles. The Labute approximate surface area is 139 Å². The van der Waals surface area contributed by atoms with Gasteiger partial charge in [0.05, 0.1) is 13.2 Å². The molecule has 1 aliphatic rings. The van der Waals surface area contributed by atoms with E-state index < -0.39 is 0 Å². The lowest BCUT2D eigenvalue weighted by atomic mass is 10.0. The van der Waals surface area contributed by atoms with Crippen LogP contribution in [0.3, 0.4) is 0 Å². The molecule has 2 heterocycles. The smallest absolute Gasteiger partial charge is 0.232 e. The average molecular weight is 319 g/mol. The molecule has 0 spiro atoms. The summed E-state index contributed by atoms with van der Waals surface area (Å²) < 4.78 is 11.0. The molecule has 0 radical (unpaired) electrons. The zero-order valence-corrected chi connectivity index (χ0v) is 13.2. The average Bonchev–Trinajstić information content (AvgIpc) is 2.99. The van der Waals surface area contributed by atoms with E-state index in [-0.39, 0.29) is 0 Å². The van der Waals surface area contributed by atoms with Crippen LogP contribution in [-0.2, 0) is 4.74 Å². The predicted molar refractivity (Wildman–Crippen MR) is 91.6 cm³/mol. The second-order valence-corrected chi connectivity index (χ2v) is 5.95. The summed E-state index contributed by atoms with van der Waals surface area (Å²) in [5, 5.41) is 14.7. The van der Waals surface area contributed by atoms with E-state index in [9.17, 15) is 5.26 Å². The van der Waals surface area contributed by atoms with Crippen molar-refractivity contribution in [3.63, 3.8) is 0 Å². The number of anilines is 1. The molecule has 120 valence electrons. The van der Waals surface area contributed by atoms with Crippen molar-refractivity contribution < 1.29 is 9.15 Å². The highest BCUT2D eigenvalue weighted by atomic mass is 16.5. The Balaban J connectivity index is 1.62. The second-order valence-electron chi connectivity index (χ2n) is 5.95. The summed E-state index contributed by atoms with van der Waals surface area (Å²) >= 11 is 0. The number of ether oxygens (including phenoxy) is 1. The van der Waals surface area contributed by atoms with Crippen molar-refractivity contribution in [2.24, 2.45) is 5.92 Å². The summed E-state index contributed by atoms with van der Waals surface area (Å²) in [6.07, 6.45) is 0.995. The van der Waals surface area contributed by atoms with E-state index in [1.807, 2.05) is 42.5 Å². The summed E-state index contributed by atoms with van der Waals surface area (Å²) in [6, 6.07) is 16.2. The Morgan fingerprint density at radius 1 is 1.17 bits per heavy atom. The Morgan fingerprint density at radius 3 is 2.79 bits per heavy atom. The molecule has 0 saturated carbocycles. The molecule has 0 aliphatic carbocycles. The quantitative estimate of drug-likeness (QED) is 0.774. The Bertz CT molecular complexity index is 901. The maximum Gasteiger partial charge on any atom is 0.232 e. The molecule has 5 heteroatoms. The third-order valence-electron chi connectivity index (χ3n) is 4.30. The van der Waals surface area contributed by atoms with Gasteiger partial charge >= 0.3 is 0 Å². The van der Waals surface area contributed by atoms with Crippen molar-refractivity contribution in [1.29, 1.82) is 5.26 Å². The molecule has 1 N–H and O–H groups in total. The third-order valence-corrected chi connectivity index (χ3v) is 4.30. The van der Waals surface area contributed by atoms with Crippen molar-refractivity contribution in [1.82, 2.24) is 4.98 Å². The van der Waals surface area contributed by atoms with Crippen LogP contribution < -0.4 is 5.32 Å². The number of nitrogens with zero attached hydrogens (tertiary/aromatic N) is 2. The van der Waals surface area contributed by atoms with Gasteiger partial charge in [-0.2, -0.15) is 10.2 Å². The van der Waals surface area contributed by atoms with Gasteiger partial charge in [0.25, 0.3) is 0 Å². The number of oxazole rings is 1. The summed E-state index contributed by atoms with van der Waals surface area (Å²) in [5.41, 5.74) is 1.19. The van der Waals surface area contributed by atoms with E-state index in [1.54, 1.807) is 0 Å². The van der Waals surface area contributed by atoms with Crippen LogP contribution in [0.2, 0.25) is 0 Å². The Kier molecular flexibility index (Phi) is 3.89. The number of hydrogen-bond donors (Lipinski definition) is 1. The predicted octanol–water partition coefficient (Wildman–Crippen LogP) is 3.81. The molecule has 3 aromatic rings. The largest absolute Gasteiger partial charge is 0.419 e. The molecule has 0 amide bonds. The summed E-state index contributed by atoms with van der Waals surface area (Å²) in [7, 11) is 0. The first kappa shape index (κ1) is 14.7. The molecule has 5 nitrogen and oxygen atoms in total. The van der Waals surface area contributed by atoms with E-state index in [4.69, 9.17) is 9.15 Å². The van der Waals surface area contributed by atoms with Crippen molar-refractivity contribution >= 4 is 16.7 Å². The number of nitriles is 1. The summed E-state index contributed by atoms with van der Waals surface area (Å²) in [4.78, 5) is 4.37. The molecule has 0 bridgehead atoms. The van der Waals surface area contributed by atoms with Crippen LogP contribution in [0.1, 0.15) is 12.1 Å². The number of rotatable bonds is 5. The molecular formula is C19H17N3O2. The Morgan fingerprint density at radius 2 is 2.00 bits per heavy atom. The highest BCUT2D eigenvalue weighted by Gasteiger charge is 2.19. The van der Waals surface area contributed by atoms with Crippen molar-refractivity contribution in [2.75, 3.05) is 25.1 Å². The molecule has 2 aromatic carbocycles. The van der Waals surface area contributed by atoms with Crippen LogP contribution in [0.5, 0.6) is 0 Å². The van der Waals surface area contributed by atoms with Crippen LogP contribution in [-0.4, -0.2) is 24.7 Å². The standard InChI is InChI=1S/C19H17N3O2/c20-10-17-19(21-9-8-13-11-23-12-13)24-18(22-17)16-7-3-5-14-4-1-2-6-15(14)16/h1-7,13,21H,8-9,11-12H2. The maximum absolute atomic E-state index is 9.33. The van der Waals surface area contributed by atoms with E-state index in [0.29, 0.717) is 23.4 Å². The maximum atomic E-state index is 9.33. The minimum absolute atomic E-state index is 0.294. The molecule has 1 fully saturated rings. The minimum atomic E-state index is 0.294. The van der Waals surface area contributed by atoms with Crippen molar-refractivity contribution in [3.8, 4) is 17.5 Å². The zero-order valence-electron chi connectivity index (χ0n) is 13.2. The summed E-state index contributed by atoms with van der Waals surface area (Å²) in [5.74, 6) is 1.52. The zero-order chi connectivity index (χ0) is 16.4. The first-order valence-electron chi connectivity index (χ1n) is 8.06. The van der Waals surface area contributed by atoms with Gasteiger partial charge in [-0.1, -0.05) is 36.4 Å². The van der Waals surface area contributed by atoms with Gasteiger partial charge in [0.1, 0.15) is 6.07 Å². The highest BCUT2D eigenvalue weighted by molar-refractivity contribution is 5.94.